The molecule has 0 saturated heterocycles. The van der Waals surface area contributed by atoms with E-state index in [1.165, 1.54) is 4.90 Å². The molecule has 106 valence electrons. The highest BCUT2D eigenvalue weighted by molar-refractivity contribution is 6.18. The maximum absolute atomic E-state index is 10.6. The van der Waals surface area contributed by atoms with Gasteiger partial charge in [0.2, 0.25) is 0 Å². The van der Waals surface area contributed by atoms with E-state index in [4.69, 9.17) is 33.4 Å². The van der Waals surface area contributed by atoms with Gasteiger partial charge in [0, 0.05) is 37.9 Å². The molecule has 18 heavy (non-hydrogen) atoms. The van der Waals surface area contributed by atoms with Gasteiger partial charge in [-0.2, -0.15) is 0 Å². The molecule has 0 aliphatic heterocycles. The van der Waals surface area contributed by atoms with Crippen LogP contribution in [-0.4, -0.2) is 83.0 Å². The van der Waals surface area contributed by atoms with Crippen LogP contribution in [0.3, 0.4) is 0 Å². The fourth-order valence-electron chi connectivity index (χ4n) is 1.45. The summed E-state index contributed by atoms with van der Waals surface area (Å²) >= 11 is 11.3. The van der Waals surface area contributed by atoms with Crippen LogP contribution in [0, 0.1) is 0 Å². The summed E-state index contributed by atoms with van der Waals surface area (Å²) in [4.78, 5) is 24.5. The Kier molecular flexibility index (Phi) is 10.0. The second kappa shape index (κ2) is 10.4. The van der Waals surface area contributed by atoms with E-state index in [9.17, 15) is 9.59 Å². The zero-order valence-electron chi connectivity index (χ0n) is 10.0. The van der Waals surface area contributed by atoms with Crippen LogP contribution in [0.2, 0.25) is 0 Å². The Morgan fingerprint density at radius 2 is 1.17 bits per heavy atom. The minimum absolute atomic E-state index is 0.290. The van der Waals surface area contributed by atoms with Crippen LogP contribution < -0.4 is 0 Å². The summed E-state index contributed by atoms with van der Waals surface area (Å²) in [5, 5.41) is 17.4. The molecule has 8 heteroatoms. The normalized spacial score (nSPS) is 11.1. The Morgan fingerprint density at radius 3 is 1.50 bits per heavy atom. The summed E-state index contributed by atoms with van der Waals surface area (Å²) in [7, 11) is 0. The van der Waals surface area contributed by atoms with Crippen molar-refractivity contribution >= 4 is 35.1 Å². The van der Waals surface area contributed by atoms with Gasteiger partial charge in [-0.1, -0.05) is 0 Å². The van der Waals surface area contributed by atoms with Gasteiger partial charge < -0.3 is 10.2 Å². The minimum atomic E-state index is -1.04. The number of carboxylic acids is 2. The molecule has 0 aromatic heterocycles. The molecule has 6 nitrogen and oxygen atoms in total. The summed E-state index contributed by atoms with van der Waals surface area (Å²) in [5.74, 6) is -1.18. The molecule has 0 aliphatic carbocycles. The van der Waals surface area contributed by atoms with E-state index in [0.717, 1.165) is 0 Å². The van der Waals surface area contributed by atoms with E-state index in [1.54, 1.807) is 0 Å². The minimum Gasteiger partial charge on any atom is -0.480 e. The topological polar surface area (TPSA) is 81.1 Å². The van der Waals surface area contributed by atoms with Crippen molar-refractivity contribution in [3.8, 4) is 0 Å². The van der Waals surface area contributed by atoms with Gasteiger partial charge in [-0.3, -0.25) is 19.4 Å². The molecule has 0 aliphatic rings. The molecule has 0 amide bonds. The molecular weight excluding hydrogens is 283 g/mol. The standard InChI is InChI=1S/C10H18Cl2N2O4/c11-1-3-13(4-2-12)5-6-14(7-9(15)16)8-10(17)18/h1-8H2,(H,15,16)(H,17,18). The van der Waals surface area contributed by atoms with Crippen molar-refractivity contribution < 1.29 is 19.8 Å². The van der Waals surface area contributed by atoms with Crippen molar-refractivity contribution in [2.45, 2.75) is 0 Å². The van der Waals surface area contributed by atoms with Crippen molar-refractivity contribution in [1.82, 2.24) is 9.80 Å². The second-order valence-corrected chi connectivity index (χ2v) is 4.47. The van der Waals surface area contributed by atoms with Crippen LogP contribution in [0.1, 0.15) is 0 Å². The van der Waals surface area contributed by atoms with Gasteiger partial charge in [-0.25, -0.2) is 0 Å². The van der Waals surface area contributed by atoms with Crippen LogP contribution in [0.5, 0.6) is 0 Å². The Bertz CT molecular complexity index is 244. The summed E-state index contributed by atoms with van der Waals surface area (Å²) in [6.45, 7) is 1.60. The van der Waals surface area contributed by atoms with E-state index in [-0.39, 0.29) is 13.1 Å². The first-order valence-electron chi connectivity index (χ1n) is 5.49. The lowest BCUT2D eigenvalue weighted by Crippen LogP contribution is -2.41. The Hall–Kier alpha value is -0.560. The van der Waals surface area contributed by atoms with Crippen LogP contribution in [0.15, 0.2) is 0 Å². The fraction of sp³-hybridized carbons (Fsp3) is 0.800. The predicted molar refractivity (Wildman–Crippen MR) is 69.6 cm³/mol. The number of halogens is 2. The highest BCUT2D eigenvalue weighted by Crippen LogP contribution is 1.95. The fourth-order valence-corrected chi connectivity index (χ4v) is 1.93. The zero-order chi connectivity index (χ0) is 14.0. The molecule has 0 saturated carbocycles. The molecule has 0 unspecified atom stereocenters. The summed E-state index contributed by atoms with van der Waals surface area (Å²) in [5.41, 5.74) is 0. The zero-order valence-corrected chi connectivity index (χ0v) is 11.5. The first-order valence-corrected chi connectivity index (χ1v) is 6.56. The lowest BCUT2D eigenvalue weighted by molar-refractivity contribution is -0.141. The molecule has 0 bridgehead atoms. The Labute approximate surface area is 116 Å². The number of alkyl halides is 2. The molecule has 0 aromatic rings. The van der Waals surface area contributed by atoms with Crippen molar-refractivity contribution in [3.05, 3.63) is 0 Å². The van der Waals surface area contributed by atoms with E-state index in [1.807, 2.05) is 4.90 Å². The van der Waals surface area contributed by atoms with E-state index >= 15 is 0 Å². The number of hydrogen-bond acceptors (Lipinski definition) is 4. The lowest BCUT2D eigenvalue weighted by atomic mass is 10.4. The third kappa shape index (κ3) is 9.47. The van der Waals surface area contributed by atoms with Crippen LogP contribution >= 0.6 is 23.2 Å². The van der Waals surface area contributed by atoms with E-state index in [0.29, 0.717) is 37.9 Å². The number of nitrogens with zero attached hydrogens (tertiary/aromatic N) is 2. The van der Waals surface area contributed by atoms with Crippen molar-refractivity contribution in [1.29, 1.82) is 0 Å². The molecule has 0 heterocycles. The number of aliphatic carboxylic acids is 2. The van der Waals surface area contributed by atoms with Gasteiger partial charge in [0.1, 0.15) is 0 Å². The highest BCUT2D eigenvalue weighted by atomic mass is 35.5. The molecule has 0 atom stereocenters. The predicted octanol–water partition coefficient (Wildman–Crippen LogP) is 0.237. The van der Waals surface area contributed by atoms with Crippen molar-refractivity contribution in [2.75, 3.05) is 51.0 Å². The first-order chi connectivity index (χ1) is 8.49. The van der Waals surface area contributed by atoms with Crippen LogP contribution in [0.4, 0.5) is 0 Å². The van der Waals surface area contributed by atoms with Crippen molar-refractivity contribution in [2.24, 2.45) is 0 Å². The second-order valence-electron chi connectivity index (χ2n) is 3.72. The largest absolute Gasteiger partial charge is 0.480 e. The molecule has 0 aromatic carbocycles. The van der Waals surface area contributed by atoms with Gasteiger partial charge in [0.15, 0.2) is 0 Å². The molecule has 2 N–H and O–H groups in total. The quantitative estimate of drug-likeness (QED) is 0.532. The Morgan fingerprint density at radius 1 is 0.778 bits per heavy atom. The average Bonchev–Trinajstić information content (AvgIpc) is 2.24. The molecular formula is C10H18Cl2N2O4. The molecule has 0 fully saturated rings. The average molecular weight is 301 g/mol. The SMILES string of the molecule is O=C(O)CN(CCN(CCCl)CCCl)CC(=O)O. The smallest absolute Gasteiger partial charge is 0.317 e. The molecule has 0 spiro atoms. The molecule has 0 rings (SSSR count). The number of carbonyl (C=O) groups is 2. The maximum atomic E-state index is 10.6. The first kappa shape index (κ1) is 17.4. The van der Waals surface area contributed by atoms with Crippen LogP contribution in [0.25, 0.3) is 0 Å². The third-order valence-electron chi connectivity index (χ3n) is 2.25. The van der Waals surface area contributed by atoms with E-state index < -0.39 is 11.9 Å². The Balaban J connectivity index is 4.19. The van der Waals surface area contributed by atoms with E-state index in [2.05, 4.69) is 0 Å². The maximum Gasteiger partial charge on any atom is 0.317 e. The van der Waals surface area contributed by atoms with Gasteiger partial charge in [0.05, 0.1) is 13.1 Å². The van der Waals surface area contributed by atoms with Gasteiger partial charge in [0.25, 0.3) is 0 Å². The summed E-state index contributed by atoms with van der Waals surface area (Å²) in [6, 6.07) is 0. The number of hydrogen-bond donors (Lipinski definition) is 2. The summed E-state index contributed by atoms with van der Waals surface area (Å²) in [6.07, 6.45) is 0. The van der Waals surface area contributed by atoms with Gasteiger partial charge in [-0.15, -0.1) is 23.2 Å². The molecule has 0 radical (unpaired) electrons. The monoisotopic (exact) mass is 300 g/mol. The third-order valence-corrected chi connectivity index (χ3v) is 2.59. The number of carboxylic acid groups (broad SMARTS) is 2. The summed E-state index contributed by atoms with van der Waals surface area (Å²) < 4.78 is 0. The van der Waals surface area contributed by atoms with Gasteiger partial charge >= 0.3 is 11.9 Å². The van der Waals surface area contributed by atoms with Crippen LogP contribution in [-0.2, 0) is 9.59 Å². The van der Waals surface area contributed by atoms with Crippen molar-refractivity contribution in [3.63, 3.8) is 0 Å². The lowest BCUT2D eigenvalue weighted by Gasteiger charge is -2.24. The van der Waals surface area contributed by atoms with Gasteiger partial charge in [-0.05, 0) is 0 Å². The number of rotatable bonds is 11. The highest BCUT2D eigenvalue weighted by Gasteiger charge is 2.14.